The number of fused-ring (bicyclic) bond motifs is 5. The summed E-state index contributed by atoms with van der Waals surface area (Å²) in [4.78, 5) is 54.8. The first kappa shape index (κ1) is 56.6. The van der Waals surface area contributed by atoms with E-state index >= 15 is 0 Å². The van der Waals surface area contributed by atoms with E-state index < -0.39 is 19.7 Å². The number of hydrogen-bond donors (Lipinski definition) is 3. The first-order chi connectivity index (χ1) is 34.5. The maximum atomic E-state index is 14.0. The topological polar surface area (TPSA) is 172 Å². The van der Waals surface area contributed by atoms with Crippen LogP contribution in [0.1, 0.15) is 170 Å². The third-order valence-corrected chi connectivity index (χ3v) is 16.4. The molecule has 0 amide bonds. The molecule has 0 spiro atoms. The smallest absolute Gasteiger partial charge is 0.328 e. The van der Waals surface area contributed by atoms with Crippen LogP contribution in [0.25, 0.3) is 0 Å². The molecule has 13 nitrogen and oxygen atoms in total. The highest BCUT2D eigenvalue weighted by atomic mass is 31.2. The SMILES string of the molecule is C=CC1=C(C)C2=NC1=CC1=NC(=CC3=C(C)C4=C(O)CC(=C5NC(=C2)C(C)C5CCC(=O)OC(CCCP(=O)(O)OCCN(C)C)COC(=O)CCCCCCCCCCCCCCC)C4=N3)C(CC)=C1C. The molecule has 6 rings (SSSR count). The van der Waals surface area contributed by atoms with Gasteiger partial charge in [0.25, 0.3) is 0 Å². The van der Waals surface area contributed by atoms with Crippen molar-refractivity contribution in [2.45, 2.75) is 176 Å². The van der Waals surface area contributed by atoms with Gasteiger partial charge in [0.15, 0.2) is 0 Å². The highest BCUT2D eigenvalue weighted by molar-refractivity contribution is 7.52. The van der Waals surface area contributed by atoms with Crippen LogP contribution >= 0.6 is 7.60 Å². The molecular weight excluding hydrogens is 926 g/mol. The molecule has 1 saturated heterocycles. The van der Waals surface area contributed by atoms with Gasteiger partial charge in [-0.15, -0.1) is 0 Å². The average molecular weight is 1010 g/mol. The van der Waals surface area contributed by atoms with Crippen LogP contribution in [-0.4, -0.2) is 90.1 Å². The lowest BCUT2D eigenvalue weighted by Gasteiger charge is -2.21. The minimum atomic E-state index is -3.89. The summed E-state index contributed by atoms with van der Waals surface area (Å²) in [6.45, 7) is 17.3. The minimum Gasteiger partial charge on any atom is -0.511 e. The quantitative estimate of drug-likeness (QED) is 0.0357. The van der Waals surface area contributed by atoms with Crippen molar-refractivity contribution in [2.24, 2.45) is 26.8 Å². The number of nitrogens with one attached hydrogen (secondary N) is 1. The third-order valence-electron chi connectivity index (χ3n) is 15.0. The predicted octanol–water partition coefficient (Wildman–Crippen LogP) is 13.1. The van der Waals surface area contributed by atoms with Crippen molar-refractivity contribution in [2.75, 3.05) is 40.0 Å². The number of esters is 2. The van der Waals surface area contributed by atoms with Gasteiger partial charge in [0.2, 0.25) is 0 Å². The van der Waals surface area contributed by atoms with Gasteiger partial charge in [-0.25, -0.2) is 15.0 Å². The Hall–Kier alpha value is -4.68. The van der Waals surface area contributed by atoms with Crippen LogP contribution < -0.4 is 5.32 Å². The van der Waals surface area contributed by atoms with E-state index in [1.807, 2.05) is 44.1 Å². The molecule has 0 saturated carbocycles. The number of hydrogen-bond acceptors (Lipinski definition) is 12. The number of unbranched alkanes of at least 4 members (excludes halogenated alkanes) is 12. The van der Waals surface area contributed by atoms with Crippen molar-refractivity contribution in [1.29, 1.82) is 0 Å². The van der Waals surface area contributed by atoms with E-state index in [1.165, 1.54) is 64.2 Å². The van der Waals surface area contributed by atoms with E-state index in [2.05, 4.69) is 52.6 Å². The fraction of sp³-hybridized carbons (Fsp3) is 0.603. The summed E-state index contributed by atoms with van der Waals surface area (Å²) < 4.78 is 30.0. The average Bonchev–Trinajstić information content (AvgIpc) is 4.10. The highest BCUT2D eigenvalue weighted by Crippen LogP contribution is 2.47. The Labute approximate surface area is 430 Å². The summed E-state index contributed by atoms with van der Waals surface area (Å²) in [7, 11) is -0.160. The number of likely N-dealkylation sites (N-methyl/N-ethyl adjacent to an activating group) is 1. The summed E-state index contributed by atoms with van der Waals surface area (Å²) in [6.07, 6.45) is 25.1. The largest absolute Gasteiger partial charge is 0.511 e. The standard InChI is InChI=1S/C58H84N5O8P/c1-10-13-14-15-16-17-18-19-20-21-22-23-24-27-54(65)69-37-42(26-25-32-72(67,68)70-31-30-63(8)9)71-55(66)29-28-45-40(6)49-34-47-38(4)43(11-2)51(59-47)35-48-39(5)44(12-3)52(60-48)36-50-41(7)56-53(64)33-46(57(45)61-49)58(56)62-50/h11,34-36,40,42,45,61,64H,2,10,12-33,37H2,1,3-9H3,(H,67,68). The number of nitrogens with zero attached hydrogens (tertiary/aromatic N) is 4. The molecule has 0 aromatic heterocycles. The zero-order chi connectivity index (χ0) is 52.0. The molecule has 394 valence electrons. The Balaban J connectivity index is 1.14. The molecule has 14 heteroatoms. The number of ether oxygens (including phenoxy) is 2. The molecule has 8 bridgehead atoms. The number of aliphatic hydroxyl groups is 1. The third kappa shape index (κ3) is 15.0. The summed E-state index contributed by atoms with van der Waals surface area (Å²) in [6, 6.07) is 0. The lowest BCUT2D eigenvalue weighted by atomic mass is 9.86. The molecular formula is C58H84N5O8P. The Morgan fingerprint density at radius 1 is 0.861 bits per heavy atom. The van der Waals surface area contributed by atoms with E-state index in [9.17, 15) is 24.2 Å². The first-order valence-corrected chi connectivity index (χ1v) is 28.9. The summed E-state index contributed by atoms with van der Waals surface area (Å²) in [5.74, 6) is -0.798. The van der Waals surface area contributed by atoms with Crippen molar-refractivity contribution in [3.05, 3.63) is 104 Å². The fourth-order valence-corrected chi connectivity index (χ4v) is 11.6. The van der Waals surface area contributed by atoms with Crippen LogP contribution in [0.3, 0.4) is 0 Å². The second-order valence-corrected chi connectivity index (χ2v) is 22.7. The maximum Gasteiger partial charge on any atom is 0.328 e. The molecule has 6 aliphatic rings. The molecule has 1 aliphatic carbocycles. The Morgan fingerprint density at radius 2 is 1.51 bits per heavy atom. The van der Waals surface area contributed by atoms with Gasteiger partial charge in [0.05, 0.1) is 47.0 Å². The Kier molecular flexibility index (Phi) is 21.3. The Bertz CT molecular complexity index is 2460. The Morgan fingerprint density at radius 3 is 2.17 bits per heavy atom. The second-order valence-electron chi connectivity index (χ2n) is 20.7. The fourth-order valence-electron chi connectivity index (χ4n) is 10.6. The number of rotatable bonds is 30. The van der Waals surface area contributed by atoms with Crippen molar-refractivity contribution in [3.8, 4) is 0 Å². The molecule has 72 heavy (non-hydrogen) atoms. The van der Waals surface area contributed by atoms with Gasteiger partial charge >= 0.3 is 19.5 Å². The van der Waals surface area contributed by atoms with Crippen molar-refractivity contribution in [3.63, 3.8) is 0 Å². The van der Waals surface area contributed by atoms with E-state index in [0.29, 0.717) is 19.4 Å². The zero-order valence-electron chi connectivity index (χ0n) is 44.8. The lowest BCUT2D eigenvalue weighted by Crippen LogP contribution is -2.26. The number of aliphatic hydroxyl groups excluding tert-OH is 1. The molecule has 0 aromatic rings. The van der Waals surface area contributed by atoms with Crippen molar-refractivity contribution < 1.29 is 38.2 Å². The number of carbonyl (C=O) groups is 2. The van der Waals surface area contributed by atoms with Crippen molar-refractivity contribution >= 4 is 36.7 Å². The van der Waals surface area contributed by atoms with Crippen LogP contribution in [0.15, 0.2) is 119 Å². The van der Waals surface area contributed by atoms with E-state index in [0.717, 1.165) is 110 Å². The monoisotopic (exact) mass is 1010 g/mol. The normalized spacial score (nSPS) is 20.7. The van der Waals surface area contributed by atoms with Crippen molar-refractivity contribution in [1.82, 2.24) is 10.2 Å². The predicted molar refractivity (Wildman–Crippen MR) is 291 cm³/mol. The summed E-state index contributed by atoms with van der Waals surface area (Å²) in [5.41, 5.74) is 13.3. The van der Waals surface area contributed by atoms with Gasteiger partial charge in [-0.05, 0) is 107 Å². The number of aliphatic imine (C=N–C) groups is 3. The molecule has 3 N–H and O–H groups in total. The molecule has 5 heterocycles. The molecule has 4 unspecified atom stereocenters. The molecule has 4 atom stereocenters. The minimum absolute atomic E-state index is 0.0582. The van der Waals surface area contributed by atoms with E-state index in [-0.39, 0.29) is 68.6 Å². The van der Waals surface area contributed by atoms with Gasteiger partial charge in [-0.2, -0.15) is 0 Å². The zero-order valence-corrected chi connectivity index (χ0v) is 45.7. The van der Waals surface area contributed by atoms with Gasteiger partial charge in [-0.3, -0.25) is 14.2 Å². The number of allylic oxidation sites excluding steroid dienone is 12. The van der Waals surface area contributed by atoms with Gasteiger partial charge in [-0.1, -0.05) is 110 Å². The molecule has 1 fully saturated rings. The number of carbonyl (C=O) groups excluding carboxylic acids is 2. The van der Waals surface area contributed by atoms with Crippen LogP contribution in [0.5, 0.6) is 0 Å². The maximum absolute atomic E-state index is 14.0. The van der Waals surface area contributed by atoms with Gasteiger partial charge in [0, 0.05) is 65.8 Å². The van der Waals surface area contributed by atoms with Crippen LogP contribution in [0.4, 0.5) is 0 Å². The van der Waals surface area contributed by atoms with Crippen LogP contribution in [-0.2, 0) is 28.2 Å². The second kappa shape index (κ2) is 27.0. The lowest BCUT2D eigenvalue weighted by molar-refractivity contribution is -0.159. The molecule has 5 aliphatic heterocycles. The van der Waals surface area contributed by atoms with Crippen LogP contribution in [0.2, 0.25) is 0 Å². The van der Waals surface area contributed by atoms with Crippen LogP contribution in [0, 0.1) is 11.8 Å². The molecule has 0 aromatic carbocycles. The highest BCUT2D eigenvalue weighted by Gasteiger charge is 2.41. The van der Waals surface area contributed by atoms with Gasteiger partial charge in [0.1, 0.15) is 18.5 Å². The first-order valence-electron chi connectivity index (χ1n) is 27.1. The van der Waals surface area contributed by atoms with E-state index in [1.54, 1.807) is 0 Å². The summed E-state index contributed by atoms with van der Waals surface area (Å²) >= 11 is 0. The van der Waals surface area contributed by atoms with E-state index in [4.69, 9.17) is 29.0 Å². The summed E-state index contributed by atoms with van der Waals surface area (Å²) in [5, 5.41) is 15.3. The molecule has 0 radical (unpaired) electrons. The van der Waals surface area contributed by atoms with Gasteiger partial charge < -0.3 is 34.2 Å².